The molecule has 0 aliphatic carbocycles. The minimum Gasteiger partial charge on any atom is -0.466 e. The number of esters is 1. The number of rotatable bonds is 6. The summed E-state index contributed by atoms with van der Waals surface area (Å²) < 4.78 is 18.9. The molecule has 0 bridgehead atoms. The first-order valence-electron chi connectivity index (χ1n) is 6.19. The molecule has 0 aliphatic heterocycles. The molecule has 0 radical (unpaired) electrons. The van der Waals surface area contributed by atoms with Gasteiger partial charge in [-0.1, -0.05) is 25.1 Å². The molecular weight excluding hydrogens is 233 g/mol. The Kier molecular flexibility index (Phi) is 5.28. The SMILES string of the molecule is CCOC(=O)CC(CC)(NC)c1ccccc1F. The molecule has 1 atom stereocenters. The van der Waals surface area contributed by atoms with E-state index in [4.69, 9.17) is 4.74 Å². The zero-order valence-electron chi connectivity index (χ0n) is 11.1. The van der Waals surface area contributed by atoms with Gasteiger partial charge < -0.3 is 10.1 Å². The van der Waals surface area contributed by atoms with Gasteiger partial charge in [0.2, 0.25) is 0 Å². The Morgan fingerprint density at radius 2 is 2.06 bits per heavy atom. The number of nitrogens with one attached hydrogen (secondary N) is 1. The Balaban J connectivity index is 3.07. The van der Waals surface area contributed by atoms with Crippen LogP contribution in [-0.2, 0) is 15.1 Å². The van der Waals surface area contributed by atoms with E-state index in [1.165, 1.54) is 6.07 Å². The van der Waals surface area contributed by atoms with Gasteiger partial charge in [-0.25, -0.2) is 4.39 Å². The number of benzene rings is 1. The quantitative estimate of drug-likeness (QED) is 0.792. The summed E-state index contributed by atoms with van der Waals surface area (Å²) in [5, 5.41) is 3.07. The fourth-order valence-electron chi connectivity index (χ4n) is 2.12. The molecular formula is C14H20FNO2. The smallest absolute Gasteiger partial charge is 0.308 e. The van der Waals surface area contributed by atoms with Crippen molar-refractivity contribution in [1.29, 1.82) is 0 Å². The van der Waals surface area contributed by atoms with E-state index >= 15 is 0 Å². The van der Waals surface area contributed by atoms with Crippen LogP contribution in [0.15, 0.2) is 24.3 Å². The van der Waals surface area contributed by atoms with E-state index in [0.717, 1.165) is 0 Å². The number of hydrogen-bond acceptors (Lipinski definition) is 3. The lowest BCUT2D eigenvalue weighted by Gasteiger charge is -2.32. The van der Waals surface area contributed by atoms with Crippen molar-refractivity contribution >= 4 is 5.97 Å². The van der Waals surface area contributed by atoms with Gasteiger partial charge in [-0.3, -0.25) is 4.79 Å². The minimum atomic E-state index is -0.711. The second-order valence-corrected chi connectivity index (χ2v) is 4.15. The first-order valence-corrected chi connectivity index (χ1v) is 6.19. The monoisotopic (exact) mass is 253 g/mol. The van der Waals surface area contributed by atoms with E-state index in [2.05, 4.69) is 5.32 Å². The van der Waals surface area contributed by atoms with E-state index < -0.39 is 5.54 Å². The largest absolute Gasteiger partial charge is 0.466 e. The van der Waals surface area contributed by atoms with Crippen LogP contribution in [0, 0.1) is 5.82 Å². The summed E-state index contributed by atoms with van der Waals surface area (Å²) in [6.45, 7) is 4.01. The molecule has 0 heterocycles. The van der Waals surface area contributed by atoms with Gasteiger partial charge >= 0.3 is 5.97 Å². The summed E-state index contributed by atoms with van der Waals surface area (Å²) in [5.41, 5.74) is -0.208. The van der Waals surface area contributed by atoms with Crippen LogP contribution in [0.1, 0.15) is 32.3 Å². The molecule has 100 valence electrons. The molecule has 1 rings (SSSR count). The van der Waals surface area contributed by atoms with Crippen molar-refractivity contribution in [3.05, 3.63) is 35.6 Å². The molecule has 0 aliphatic rings. The number of halogens is 1. The molecule has 3 nitrogen and oxygen atoms in total. The third-order valence-electron chi connectivity index (χ3n) is 3.22. The zero-order valence-corrected chi connectivity index (χ0v) is 11.1. The Labute approximate surface area is 107 Å². The van der Waals surface area contributed by atoms with Gasteiger partial charge in [0.25, 0.3) is 0 Å². The highest BCUT2D eigenvalue weighted by atomic mass is 19.1. The Morgan fingerprint density at radius 1 is 1.39 bits per heavy atom. The topological polar surface area (TPSA) is 38.3 Å². The molecule has 0 saturated heterocycles. The van der Waals surface area contributed by atoms with Gasteiger partial charge in [0.1, 0.15) is 5.82 Å². The molecule has 0 spiro atoms. The van der Waals surface area contributed by atoms with Crippen LogP contribution in [0.5, 0.6) is 0 Å². The highest BCUT2D eigenvalue weighted by Gasteiger charge is 2.34. The lowest BCUT2D eigenvalue weighted by atomic mass is 9.84. The average molecular weight is 253 g/mol. The van der Waals surface area contributed by atoms with E-state index in [1.807, 2.05) is 6.92 Å². The second kappa shape index (κ2) is 6.50. The van der Waals surface area contributed by atoms with Crippen molar-refractivity contribution in [1.82, 2.24) is 5.32 Å². The number of carbonyl (C=O) groups excluding carboxylic acids is 1. The summed E-state index contributed by atoms with van der Waals surface area (Å²) in [5.74, 6) is -0.630. The Morgan fingerprint density at radius 3 is 2.56 bits per heavy atom. The maximum absolute atomic E-state index is 13.9. The third-order valence-corrected chi connectivity index (χ3v) is 3.22. The van der Waals surface area contributed by atoms with Crippen molar-refractivity contribution in [2.75, 3.05) is 13.7 Å². The van der Waals surface area contributed by atoms with E-state index in [0.29, 0.717) is 18.6 Å². The van der Waals surface area contributed by atoms with Crippen LogP contribution in [0.3, 0.4) is 0 Å². The molecule has 0 fully saturated rings. The third kappa shape index (κ3) is 3.07. The van der Waals surface area contributed by atoms with Crippen LogP contribution >= 0.6 is 0 Å². The van der Waals surface area contributed by atoms with Crippen molar-refractivity contribution in [3.8, 4) is 0 Å². The summed E-state index contributed by atoms with van der Waals surface area (Å²) in [7, 11) is 1.73. The fraction of sp³-hybridized carbons (Fsp3) is 0.500. The van der Waals surface area contributed by atoms with Crippen LogP contribution < -0.4 is 5.32 Å². The highest BCUT2D eigenvalue weighted by Crippen LogP contribution is 2.30. The summed E-state index contributed by atoms with van der Waals surface area (Å²) >= 11 is 0. The van der Waals surface area contributed by atoms with Crippen LogP contribution in [0.2, 0.25) is 0 Å². The number of ether oxygens (including phenoxy) is 1. The number of hydrogen-bond donors (Lipinski definition) is 1. The standard InChI is InChI=1S/C14H20FNO2/c1-4-14(16-3,10-13(17)18-5-2)11-8-6-7-9-12(11)15/h6-9,16H,4-5,10H2,1-3H3. The minimum absolute atomic E-state index is 0.120. The van der Waals surface area contributed by atoms with E-state index in [-0.39, 0.29) is 18.2 Å². The predicted molar refractivity (Wildman–Crippen MR) is 68.7 cm³/mol. The molecule has 4 heteroatoms. The molecule has 1 N–H and O–H groups in total. The normalized spacial score (nSPS) is 14.0. The van der Waals surface area contributed by atoms with Gasteiger partial charge in [0.05, 0.1) is 18.6 Å². The summed E-state index contributed by atoms with van der Waals surface area (Å²) in [6.07, 6.45) is 0.720. The zero-order chi connectivity index (χ0) is 13.6. The molecule has 1 unspecified atom stereocenters. The van der Waals surface area contributed by atoms with Crippen LogP contribution in [0.25, 0.3) is 0 Å². The number of carbonyl (C=O) groups is 1. The second-order valence-electron chi connectivity index (χ2n) is 4.15. The fourth-order valence-corrected chi connectivity index (χ4v) is 2.12. The molecule has 0 saturated carbocycles. The van der Waals surface area contributed by atoms with Gasteiger partial charge in [0, 0.05) is 5.56 Å². The lowest BCUT2D eigenvalue weighted by molar-refractivity contribution is -0.145. The Bertz CT molecular complexity index is 403. The van der Waals surface area contributed by atoms with Crippen molar-refractivity contribution in [2.45, 2.75) is 32.2 Å². The maximum atomic E-state index is 13.9. The lowest BCUT2D eigenvalue weighted by Crippen LogP contribution is -2.42. The molecule has 1 aromatic rings. The average Bonchev–Trinajstić information content (AvgIpc) is 2.37. The summed E-state index contributed by atoms with van der Waals surface area (Å²) in [6, 6.07) is 6.52. The van der Waals surface area contributed by atoms with E-state index in [9.17, 15) is 9.18 Å². The van der Waals surface area contributed by atoms with Gasteiger partial charge in [-0.05, 0) is 26.5 Å². The van der Waals surface area contributed by atoms with Crippen LogP contribution in [0.4, 0.5) is 4.39 Å². The van der Waals surface area contributed by atoms with Crippen molar-refractivity contribution < 1.29 is 13.9 Å². The van der Waals surface area contributed by atoms with Crippen LogP contribution in [-0.4, -0.2) is 19.6 Å². The molecule has 0 amide bonds. The molecule has 1 aromatic carbocycles. The summed E-state index contributed by atoms with van der Waals surface area (Å²) in [4.78, 5) is 11.7. The highest BCUT2D eigenvalue weighted by molar-refractivity contribution is 5.71. The van der Waals surface area contributed by atoms with Crippen molar-refractivity contribution in [2.24, 2.45) is 0 Å². The molecule has 0 aromatic heterocycles. The first-order chi connectivity index (χ1) is 8.59. The maximum Gasteiger partial charge on any atom is 0.308 e. The van der Waals surface area contributed by atoms with Crippen molar-refractivity contribution in [3.63, 3.8) is 0 Å². The Hall–Kier alpha value is -1.42. The van der Waals surface area contributed by atoms with E-state index in [1.54, 1.807) is 32.2 Å². The molecule has 18 heavy (non-hydrogen) atoms. The first kappa shape index (κ1) is 14.6. The van der Waals surface area contributed by atoms with Gasteiger partial charge in [-0.15, -0.1) is 0 Å². The predicted octanol–water partition coefficient (Wildman–Crippen LogP) is 2.60. The van der Waals surface area contributed by atoms with Gasteiger partial charge in [0.15, 0.2) is 0 Å². The van der Waals surface area contributed by atoms with Gasteiger partial charge in [-0.2, -0.15) is 0 Å².